The van der Waals surface area contributed by atoms with Crippen molar-refractivity contribution in [3.8, 4) is 0 Å². The Bertz CT molecular complexity index is 424. The summed E-state index contributed by atoms with van der Waals surface area (Å²) >= 11 is 4.91. The summed E-state index contributed by atoms with van der Waals surface area (Å²) in [6, 6.07) is 0.228. The maximum atomic E-state index is 12.3. The van der Waals surface area contributed by atoms with Crippen LogP contribution in [0.5, 0.6) is 0 Å². The van der Waals surface area contributed by atoms with E-state index in [1.807, 2.05) is 0 Å². The lowest BCUT2D eigenvalue weighted by atomic mass is 10.1. The third-order valence-electron chi connectivity index (χ3n) is 3.50. The van der Waals surface area contributed by atoms with E-state index in [-0.39, 0.29) is 11.9 Å². The highest BCUT2D eigenvalue weighted by Gasteiger charge is 2.25. The zero-order valence-electron chi connectivity index (χ0n) is 11.2. The number of nitrogens with zero attached hydrogens (tertiary/aromatic N) is 2. The van der Waals surface area contributed by atoms with Crippen molar-refractivity contribution in [1.29, 1.82) is 0 Å². The van der Waals surface area contributed by atoms with Gasteiger partial charge in [0.1, 0.15) is 4.88 Å². The van der Waals surface area contributed by atoms with Crippen LogP contribution in [0, 0.1) is 0 Å². The molecule has 2 atom stereocenters. The summed E-state index contributed by atoms with van der Waals surface area (Å²) in [5, 5.41) is 7.21. The third-order valence-corrected chi connectivity index (χ3v) is 5.36. The van der Waals surface area contributed by atoms with E-state index in [2.05, 4.69) is 37.8 Å². The van der Waals surface area contributed by atoms with E-state index in [1.54, 1.807) is 0 Å². The molecule has 0 spiro atoms. The van der Waals surface area contributed by atoms with Gasteiger partial charge >= 0.3 is 0 Å². The summed E-state index contributed by atoms with van der Waals surface area (Å²) < 4.78 is 3.91. The number of carbonyl (C=O) groups excluding carboxylic acids is 1. The monoisotopic (exact) mass is 345 g/mol. The van der Waals surface area contributed by atoms with E-state index in [0.717, 1.165) is 31.4 Å². The van der Waals surface area contributed by atoms with Crippen molar-refractivity contribution in [1.82, 2.24) is 14.9 Å². The van der Waals surface area contributed by atoms with Crippen molar-refractivity contribution in [3.05, 3.63) is 10.6 Å². The maximum absolute atomic E-state index is 12.3. The van der Waals surface area contributed by atoms with Gasteiger partial charge in [-0.3, -0.25) is 4.79 Å². The molecule has 1 saturated carbocycles. The molecule has 1 fully saturated rings. The Morgan fingerprint density at radius 1 is 1.42 bits per heavy atom. The third kappa shape index (κ3) is 3.99. The van der Waals surface area contributed by atoms with Gasteiger partial charge in [0, 0.05) is 10.9 Å². The van der Waals surface area contributed by atoms with Crippen LogP contribution in [0.1, 0.15) is 60.8 Å². The number of nitrogens with one attached hydrogen (secondary N) is 1. The normalized spacial score (nSPS) is 23.9. The van der Waals surface area contributed by atoms with Gasteiger partial charge < -0.3 is 5.32 Å². The fraction of sp³-hybridized carbons (Fsp3) is 0.769. The number of hydrogen-bond donors (Lipinski definition) is 1. The smallest absolute Gasteiger partial charge is 0.265 e. The molecular formula is C13H20BrN3OS. The number of alkyl halides is 1. The molecular weight excluding hydrogens is 326 g/mol. The molecule has 19 heavy (non-hydrogen) atoms. The highest BCUT2D eigenvalue weighted by atomic mass is 79.9. The quantitative estimate of drug-likeness (QED) is 0.672. The van der Waals surface area contributed by atoms with E-state index < -0.39 is 0 Å². The molecule has 1 N–H and O–H groups in total. The number of amides is 1. The van der Waals surface area contributed by atoms with Gasteiger partial charge in [-0.05, 0) is 30.8 Å². The van der Waals surface area contributed by atoms with Gasteiger partial charge in [0.2, 0.25) is 0 Å². The van der Waals surface area contributed by atoms with E-state index in [1.165, 1.54) is 30.8 Å². The molecule has 106 valence electrons. The molecule has 1 aromatic rings. The molecule has 1 aromatic heterocycles. The van der Waals surface area contributed by atoms with Crippen LogP contribution in [0.15, 0.2) is 0 Å². The van der Waals surface area contributed by atoms with Gasteiger partial charge in [0.05, 0.1) is 5.69 Å². The van der Waals surface area contributed by atoms with Crippen LogP contribution in [-0.2, 0) is 6.42 Å². The van der Waals surface area contributed by atoms with Crippen LogP contribution < -0.4 is 5.32 Å². The van der Waals surface area contributed by atoms with Crippen molar-refractivity contribution in [2.24, 2.45) is 0 Å². The first-order valence-corrected chi connectivity index (χ1v) is 8.67. The second-order valence-corrected chi connectivity index (χ2v) is 6.96. The highest BCUT2D eigenvalue weighted by Crippen LogP contribution is 2.24. The average molecular weight is 346 g/mol. The van der Waals surface area contributed by atoms with Crippen LogP contribution in [0.4, 0.5) is 0 Å². The van der Waals surface area contributed by atoms with Gasteiger partial charge in [-0.25, -0.2) is 0 Å². The fourth-order valence-corrected chi connectivity index (χ4v) is 3.77. The molecule has 0 radical (unpaired) electrons. The largest absolute Gasteiger partial charge is 0.347 e. The second-order valence-electron chi connectivity index (χ2n) is 5.03. The Balaban J connectivity index is 2.01. The standard InChI is InChI=1S/C13H20BrN3OS/c1-2-6-11-12(19-17-16-11)13(18)15-10-8-5-3-4-7-9(10)14/h9-10H,2-8H2,1H3,(H,15,18). The minimum atomic E-state index is -0.00481. The number of hydrogen-bond acceptors (Lipinski definition) is 4. The zero-order chi connectivity index (χ0) is 13.7. The molecule has 0 saturated heterocycles. The van der Waals surface area contributed by atoms with Gasteiger partial charge in [-0.2, -0.15) is 0 Å². The summed E-state index contributed by atoms with van der Waals surface area (Å²) in [7, 11) is 0. The first-order chi connectivity index (χ1) is 9.22. The molecule has 2 unspecified atom stereocenters. The van der Waals surface area contributed by atoms with Crippen molar-refractivity contribution < 1.29 is 4.79 Å². The van der Waals surface area contributed by atoms with Crippen LogP contribution in [0.25, 0.3) is 0 Å². The first-order valence-electron chi connectivity index (χ1n) is 6.98. The van der Waals surface area contributed by atoms with E-state index in [0.29, 0.717) is 9.70 Å². The maximum Gasteiger partial charge on any atom is 0.265 e. The summed E-state index contributed by atoms with van der Waals surface area (Å²) in [6.45, 7) is 2.08. The zero-order valence-corrected chi connectivity index (χ0v) is 13.6. The molecule has 1 heterocycles. The average Bonchev–Trinajstić information content (AvgIpc) is 2.76. The summed E-state index contributed by atoms with van der Waals surface area (Å²) in [5.41, 5.74) is 0.838. The lowest BCUT2D eigenvalue weighted by molar-refractivity contribution is 0.0938. The Hall–Kier alpha value is -0.490. The van der Waals surface area contributed by atoms with Crippen molar-refractivity contribution in [3.63, 3.8) is 0 Å². The number of aryl methyl sites for hydroxylation is 1. The molecule has 1 amide bonds. The Morgan fingerprint density at radius 3 is 3.00 bits per heavy atom. The van der Waals surface area contributed by atoms with Crippen molar-refractivity contribution in [2.75, 3.05) is 0 Å². The molecule has 0 aromatic carbocycles. The highest BCUT2D eigenvalue weighted by molar-refractivity contribution is 9.09. The molecule has 6 heteroatoms. The second kappa shape index (κ2) is 7.33. The molecule has 1 aliphatic rings. The molecule has 0 bridgehead atoms. The van der Waals surface area contributed by atoms with Crippen molar-refractivity contribution in [2.45, 2.75) is 62.7 Å². The van der Waals surface area contributed by atoms with Crippen LogP contribution in [0.2, 0.25) is 0 Å². The Labute approximate surface area is 126 Å². The van der Waals surface area contributed by atoms with Crippen LogP contribution in [-0.4, -0.2) is 26.4 Å². The summed E-state index contributed by atoms with van der Waals surface area (Å²) in [5.74, 6) is -0.00481. The fourth-order valence-electron chi connectivity index (χ4n) is 2.44. The number of rotatable bonds is 4. The van der Waals surface area contributed by atoms with E-state index >= 15 is 0 Å². The summed E-state index contributed by atoms with van der Waals surface area (Å²) in [4.78, 5) is 13.4. The topological polar surface area (TPSA) is 54.9 Å². The van der Waals surface area contributed by atoms with Gasteiger partial charge in [-0.15, -0.1) is 5.10 Å². The molecule has 2 rings (SSSR count). The van der Waals surface area contributed by atoms with Crippen molar-refractivity contribution >= 4 is 33.4 Å². The number of aromatic nitrogens is 2. The minimum Gasteiger partial charge on any atom is -0.347 e. The molecule has 1 aliphatic carbocycles. The molecule has 4 nitrogen and oxygen atoms in total. The molecule has 0 aliphatic heterocycles. The van der Waals surface area contributed by atoms with Gasteiger partial charge in [0.15, 0.2) is 0 Å². The first kappa shape index (κ1) is 14.9. The Morgan fingerprint density at radius 2 is 2.21 bits per heavy atom. The predicted octanol–water partition coefficient (Wildman–Crippen LogP) is 3.32. The van der Waals surface area contributed by atoms with Crippen LogP contribution in [0.3, 0.4) is 0 Å². The predicted molar refractivity (Wildman–Crippen MR) is 81.0 cm³/mol. The number of carbonyl (C=O) groups is 1. The van der Waals surface area contributed by atoms with E-state index in [4.69, 9.17) is 0 Å². The minimum absolute atomic E-state index is 0.00481. The van der Waals surface area contributed by atoms with Gasteiger partial charge in [0.25, 0.3) is 5.91 Å². The summed E-state index contributed by atoms with van der Waals surface area (Å²) in [6.07, 6.45) is 7.68. The van der Waals surface area contributed by atoms with E-state index in [9.17, 15) is 4.79 Å². The lowest BCUT2D eigenvalue weighted by Crippen LogP contribution is -2.40. The Kier molecular flexibility index (Phi) is 5.76. The van der Waals surface area contributed by atoms with Crippen LogP contribution >= 0.6 is 27.5 Å². The number of halogens is 1. The lowest BCUT2D eigenvalue weighted by Gasteiger charge is -2.21. The SMILES string of the molecule is CCCc1nnsc1C(=O)NC1CCCCCC1Br. The van der Waals surface area contributed by atoms with Gasteiger partial charge in [-0.1, -0.05) is 53.0 Å².